The number of likely N-dealkylation sites (tertiary alicyclic amines) is 1. The number of carbonyl (C=O) groups excluding carboxylic acids is 1. The van der Waals surface area contributed by atoms with Gasteiger partial charge in [0.05, 0.1) is 25.8 Å². The average molecular weight is 346 g/mol. The summed E-state index contributed by atoms with van der Waals surface area (Å²) in [5.41, 5.74) is 1.63. The van der Waals surface area contributed by atoms with Crippen LogP contribution in [0.15, 0.2) is 16.9 Å². The van der Waals surface area contributed by atoms with E-state index in [-0.39, 0.29) is 12.0 Å². The monoisotopic (exact) mass is 346 g/mol. The fraction of sp³-hybridized carbons (Fsp3) is 0.529. The molecule has 1 unspecified atom stereocenters. The standard InChI is InChI=1S/C17H22N4O4/c1-11-14(12(2)25-20-11)9-15(22)21-8-4-5-13(10-21)24-17-16(23-3)18-6-7-19-17/h6-7,13H,4-5,8-10H2,1-3H3. The lowest BCUT2D eigenvalue weighted by Gasteiger charge is -2.32. The van der Waals surface area contributed by atoms with Crippen LogP contribution in [0.5, 0.6) is 11.8 Å². The quantitative estimate of drug-likeness (QED) is 0.814. The Morgan fingerprint density at radius 2 is 2.08 bits per heavy atom. The van der Waals surface area contributed by atoms with Crippen molar-refractivity contribution < 1.29 is 18.8 Å². The number of hydrogen-bond donors (Lipinski definition) is 0. The van der Waals surface area contributed by atoms with Crippen LogP contribution in [0, 0.1) is 13.8 Å². The van der Waals surface area contributed by atoms with Gasteiger partial charge in [0.15, 0.2) is 0 Å². The summed E-state index contributed by atoms with van der Waals surface area (Å²) in [5, 5.41) is 3.90. The van der Waals surface area contributed by atoms with E-state index in [9.17, 15) is 4.79 Å². The molecule has 2 aromatic heterocycles. The molecule has 0 aliphatic carbocycles. The minimum Gasteiger partial charge on any atom is -0.477 e. The Hall–Kier alpha value is -2.64. The van der Waals surface area contributed by atoms with Gasteiger partial charge < -0.3 is 18.9 Å². The first kappa shape index (κ1) is 17.2. The number of aryl methyl sites for hydroxylation is 2. The highest BCUT2D eigenvalue weighted by Gasteiger charge is 2.27. The van der Waals surface area contributed by atoms with Gasteiger partial charge in [0.2, 0.25) is 5.91 Å². The lowest BCUT2D eigenvalue weighted by molar-refractivity contribution is -0.133. The van der Waals surface area contributed by atoms with Crippen LogP contribution in [-0.4, -0.2) is 52.2 Å². The number of piperidine rings is 1. The Labute approximate surface area is 146 Å². The summed E-state index contributed by atoms with van der Waals surface area (Å²) < 4.78 is 16.2. The molecule has 3 heterocycles. The van der Waals surface area contributed by atoms with E-state index in [2.05, 4.69) is 15.1 Å². The number of amides is 1. The van der Waals surface area contributed by atoms with E-state index >= 15 is 0 Å². The maximum absolute atomic E-state index is 12.6. The summed E-state index contributed by atoms with van der Waals surface area (Å²) in [5.74, 6) is 1.45. The van der Waals surface area contributed by atoms with Gasteiger partial charge in [-0.2, -0.15) is 0 Å². The van der Waals surface area contributed by atoms with Crippen LogP contribution in [0.3, 0.4) is 0 Å². The highest BCUT2D eigenvalue weighted by Crippen LogP contribution is 2.24. The third kappa shape index (κ3) is 3.89. The van der Waals surface area contributed by atoms with Crippen LogP contribution < -0.4 is 9.47 Å². The van der Waals surface area contributed by atoms with Crippen molar-refractivity contribution in [1.82, 2.24) is 20.0 Å². The van der Waals surface area contributed by atoms with E-state index in [0.29, 0.717) is 30.5 Å². The summed E-state index contributed by atoms with van der Waals surface area (Å²) in [6, 6.07) is 0. The molecule has 8 nitrogen and oxygen atoms in total. The van der Waals surface area contributed by atoms with Crippen molar-refractivity contribution in [1.29, 1.82) is 0 Å². The Balaban J connectivity index is 1.63. The zero-order valence-corrected chi connectivity index (χ0v) is 14.7. The maximum atomic E-state index is 12.6. The highest BCUT2D eigenvalue weighted by atomic mass is 16.5. The molecule has 1 aliphatic rings. The van der Waals surface area contributed by atoms with Crippen molar-refractivity contribution in [3.8, 4) is 11.8 Å². The van der Waals surface area contributed by atoms with Crippen LogP contribution in [0.4, 0.5) is 0 Å². The van der Waals surface area contributed by atoms with Crippen molar-refractivity contribution in [2.45, 2.75) is 39.2 Å². The van der Waals surface area contributed by atoms with Crippen molar-refractivity contribution in [3.05, 3.63) is 29.4 Å². The maximum Gasteiger partial charge on any atom is 0.278 e. The van der Waals surface area contributed by atoms with Gasteiger partial charge >= 0.3 is 0 Å². The summed E-state index contributed by atoms with van der Waals surface area (Å²) in [4.78, 5) is 22.7. The molecule has 1 saturated heterocycles. The van der Waals surface area contributed by atoms with Crippen molar-refractivity contribution in [3.63, 3.8) is 0 Å². The normalized spacial score (nSPS) is 17.4. The van der Waals surface area contributed by atoms with Crippen LogP contribution >= 0.6 is 0 Å². The molecular formula is C17H22N4O4. The zero-order chi connectivity index (χ0) is 17.8. The minimum absolute atomic E-state index is 0.0498. The van der Waals surface area contributed by atoms with E-state index in [1.807, 2.05) is 18.7 Å². The molecule has 1 fully saturated rings. The van der Waals surface area contributed by atoms with Gasteiger partial charge in [-0.3, -0.25) is 4.79 Å². The molecule has 2 aromatic rings. The summed E-state index contributed by atoms with van der Waals surface area (Å²) in [7, 11) is 1.52. The fourth-order valence-electron chi connectivity index (χ4n) is 2.97. The Morgan fingerprint density at radius 1 is 1.32 bits per heavy atom. The second-order valence-electron chi connectivity index (χ2n) is 6.07. The summed E-state index contributed by atoms with van der Waals surface area (Å²) in [6.45, 7) is 4.91. The molecule has 1 amide bonds. The van der Waals surface area contributed by atoms with Crippen molar-refractivity contribution in [2.24, 2.45) is 0 Å². The Bertz CT molecular complexity index is 726. The molecule has 0 bridgehead atoms. The summed E-state index contributed by atoms with van der Waals surface area (Å²) in [6.07, 6.45) is 5.00. The number of carbonyl (C=O) groups is 1. The number of aromatic nitrogens is 3. The lowest BCUT2D eigenvalue weighted by Crippen LogP contribution is -2.45. The zero-order valence-electron chi connectivity index (χ0n) is 14.7. The van der Waals surface area contributed by atoms with Crippen LogP contribution in [0.25, 0.3) is 0 Å². The lowest BCUT2D eigenvalue weighted by atomic mass is 10.1. The molecule has 1 aliphatic heterocycles. The van der Waals surface area contributed by atoms with Crippen LogP contribution in [0.2, 0.25) is 0 Å². The second kappa shape index (κ2) is 7.50. The van der Waals surface area contributed by atoms with E-state index < -0.39 is 0 Å². The fourth-order valence-corrected chi connectivity index (χ4v) is 2.97. The molecule has 0 spiro atoms. The SMILES string of the molecule is COc1nccnc1OC1CCCN(C(=O)Cc2c(C)noc2C)C1. The smallest absolute Gasteiger partial charge is 0.278 e. The van der Waals surface area contributed by atoms with Gasteiger partial charge in [0, 0.05) is 24.5 Å². The first-order valence-corrected chi connectivity index (χ1v) is 8.29. The van der Waals surface area contributed by atoms with Gasteiger partial charge in [0.25, 0.3) is 11.8 Å². The predicted molar refractivity (Wildman–Crippen MR) is 88.5 cm³/mol. The van der Waals surface area contributed by atoms with E-state index in [1.165, 1.54) is 7.11 Å². The van der Waals surface area contributed by atoms with Gasteiger partial charge in [-0.15, -0.1) is 0 Å². The third-order valence-electron chi connectivity index (χ3n) is 4.34. The molecule has 0 aromatic carbocycles. The first-order chi connectivity index (χ1) is 12.1. The summed E-state index contributed by atoms with van der Waals surface area (Å²) >= 11 is 0. The first-order valence-electron chi connectivity index (χ1n) is 8.29. The molecule has 8 heteroatoms. The molecule has 1 atom stereocenters. The number of nitrogens with zero attached hydrogens (tertiary/aromatic N) is 4. The molecular weight excluding hydrogens is 324 g/mol. The Kier molecular flexibility index (Phi) is 5.16. The second-order valence-corrected chi connectivity index (χ2v) is 6.07. The number of methoxy groups -OCH3 is 1. The molecule has 25 heavy (non-hydrogen) atoms. The van der Waals surface area contributed by atoms with E-state index in [0.717, 1.165) is 30.6 Å². The van der Waals surface area contributed by atoms with Crippen molar-refractivity contribution in [2.75, 3.05) is 20.2 Å². The number of hydrogen-bond acceptors (Lipinski definition) is 7. The van der Waals surface area contributed by atoms with Crippen LogP contribution in [-0.2, 0) is 11.2 Å². The van der Waals surface area contributed by atoms with Gasteiger partial charge in [0.1, 0.15) is 11.9 Å². The largest absolute Gasteiger partial charge is 0.477 e. The third-order valence-corrected chi connectivity index (χ3v) is 4.34. The number of ether oxygens (including phenoxy) is 2. The molecule has 134 valence electrons. The molecule has 0 saturated carbocycles. The van der Waals surface area contributed by atoms with E-state index in [4.69, 9.17) is 14.0 Å². The predicted octanol–water partition coefficient (Wildman–Crippen LogP) is 1.70. The molecule has 3 rings (SSSR count). The molecule has 0 N–H and O–H groups in total. The van der Waals surface area contributed by atoms with Crippen molar-refractivity contribution >= 4 is 5.91 Å². The topological polar surface area (TPSA) is 90.6 Å². The number of rotatable bonds is 5. The van der Waals surface area contributed by atoms with Gasteiger partial charge in [-0.05, 0) is 26.7 Å². The van der Waals surface area contributed by atoms with Gasteiger partial charge in [-0.1, -0.05) is 5.16 Å². The minimum atomic E-state index is -0.132. The van der Waals surface area contributed by atoms with Gasteiger partial charge in [-0.25, -0.2) is 9.97 Å². The van der Waals surface area contributed by atoms with E-state index in [1.54, 1.807) is 12.4 Å². The highest BCUT2D eigenvalue weighted by molar-refractivity contribution is 5.79. The Morgan fingerprint density at radius 3 is 2.76 bits per heavy atom. The average Bonchev–Trinajstić information content (AvgIpc) is 2.94. The molecule has 0 radical (unpaired) electrons. The van der Waals surface area contributed by atoms with Crippen LogP contribution in [0.1, 0.15) is 29.9 Å².